The van der Waals surface area contributed by atoms with Gasteiger partial charge in [-0.25, -0.2) is 0 Å². The molecule has 4 rings (SSSR count). The lowest BCUT2D eigenvalue weighted by Crippen LogP contribution is -2.29. The van der Waals surface area contributed by atoms with Crippen LogP contribution in [0.2, 0.25) is 10.0 Å². The van der Waals surface area contributed by atoms with Crippen LogP contribution in [0, 0.1) is 0 Å². The Labute approximate surface area is 214 Å². The van der Waals surface area contributed by atoms with Gasteiger partial charge in [0.25, 0.3) is 11.7 Å². The zero-order valence-electron chi connectivity index (χ0n) is 19.6. The monoisotopic (exact) mass is 509 g/mol. The number of Topliss-reactive ketones (excluding diaryl/α,β-unsaturated/α-hetero) is 1. The smallest absolute Gasteiger partial charge is 0.300 e. The summed E-state index contributed by atoms with van der Waals surface area (Å²) in [5.74, 6) is -0.833. The van der Waals surface area contributed by atoms with Crippen molar-refractivity contribution in [1.29, 1.82) is 0 Å². The Morgan fingerprint density at radius 3 is 2.20 bits per heavy atom. The largest absolute Gasteiger partial charge is 0.507 e. The van der Waals surface area contributed by atoms with E-state index >= 15 is 0 Å². The number of benzene rings is 3. The number of hydrogen-bond donors (Lipinski definition) is 1. The summed E-state index contributed by atoms with van der Waals surface area (Å²) in [5, 5.41) is 11.8. The number of carbonyl (C=O) groups is 2. The number of amides is 1. The van der Waals surface area contributed by atoms with Crippen LogP contribution in [0.1, 0.15) is 49.4 Å². The molecule has 0 bridgehead atoms. The van der Waals surface area contributed by atoms with Gasteiger partial charge in [0.1, 0.15) is 11.5 Å². The van der Waals surface area contributed by atoms with Gasteiger partial charge in [-0.1, -0.05) is 61.3 Å². The van der Waals surface area contributed by atoms with Gasteiger partial charge in [-0.15, -0.1) is 0 Å². The van der Waals surface area contributed by atoms with E-state index < -0.39 is 17.7 Å². The summed E-state index contributed by atoms with van der Waals surface area (Å²) in [7, 11) is 0. The lowest BCUT2D eigenvalue weighted by atomic mass is 9.95. The Morgan fingerprint density at radius 1 is 0.971 bits per heavy atom. The molecule has 1 amide bonds. The molecule has 180 valence electrons. The van der Waals surface area contributed by atoms with Crippen LogP contribution in [0.15, 0.2) is 72.3 Å². The minimum absolute atomic E-state index is 0.0227. The fourth-order valence-corrected chi connectivity index (χ4v) is 4.44. The van der Waals surface area contributed by atoms with E-state index in [1.165, 1.54) is 17.0 Å². The maximum absolute atomic E-state index is 13.3. The summed E-state index contributed by atoms with van der Waals surface area (Å²) in [5.41, 5.74) is 2.60. The van der Waals surface area contributed by atoms with Crippen molar-refractivity contribution < 1.29 is 19.4 Å². The molecule has 1 heterocycles. The van der Waals surface area contributed by atoms with Gasteiger partial charge in [0.15, 0.2) is 0 Å². The summed E-state index contributed by atoms with van der Waals surface area (Å²) >= 11 is 12.2. The fraction of sp³-hybridized carbons (Fsp3) is 0.214. The normalized spacial score (nSPS) is 17.3. The van der Waals surface area contributed by atoms with E-state index in [0.717, 1.165) is 5.56 Å². The van der Waals surface area contributed by atoms with Gasteiger partial charge in [-0.05, 0) is 66.4 Å². The molecule has 1 aliphatic heterocycles. The molecule has 0 saturated carbocycles. The van der Waals surface area contributed by atoms with Crippen LogP contribution in [0.5, 0.6) is 5.75 Å². The van der Waals surface area contributed by atoms with Gasteiger partial charge in [-0.2, -0.15) is 0 Å². The van der Waals surface area contributed by atoms with E-state index in [4.69, 9.17) is 27.9 Å². The van der Waals surface area contributed by atoms with Crippen molar-refractivity contribution in [3.8, 4) is 5.75 Å². The second-order valence-electron chi connectivity index (χ2n) is 8.55. The average molecular weight is 510 g/mol. The van der Waals surface area contributed by atoms with Crippen LogP contribution in [-0.4, -0.2) is 23.4 Å². The predicted octanol–water partition coefficient (Wildman–Crippen LogP) is 7.14. The first-order valence-corrected chi connectivity index (χ1v) is 12.1. The number of ether oxygens (including phenoxy) is 1. The Hall–Kier alpha value is -3.28. The first kappa shape index (κ1) is 24.8. The molecule has 5 nitrogen and oxygen atoms in total. The van der Waals surface area contributed by atoms with Crippen molar-refractivity contribution in [3.63, 3.8) is 0 Å². The second kappa shape index (κ2) is 10.1. The third kappa shape index (κ3) is 4.79. The SMILES string of the molecule is CCOc1ccc(C2/C(=C(/O)c3ccc(Cl)c(Cl)c3)C(=O)C(=O)N2c2ccc(C(C)C)cc2)cc1. The lowest BCUT2D eigenvalue weighted by Gasteiger charge is -2.26. The van der Waals surface area contributed by atoms with E-state index in [-0.39, 0.29) is 16.4 Å². The summed E-state index contributed by atoms with van der Waals surface area (Å²) in [4.78, 5) is 28.0. The highest BCUT2D eigenvalue weighted by Crippen LogP contribution is 2.43. The van der Waals surface area contributed by atoms with Crippen LogP contribution in [0.3, 0.4) is 0 Å². The summed E-state index contributed by atoms with van der Waals surface area (Å²) in [6.45, 7) is 6.56. The van der Waals surface area contributed by atoms with Gasteiger partial charge in [0, 0.05) is 11.3 Å². The molecule has 1 fully saturated rings. The molecule has 7 heteroatoms. The van der Waals surface area contributed by atoms with Crippen LogP contribution in [0.4, 0.5) is 5.69 Å². The fourth-order valence-electron chi connectivity index (χ4n) is 4.15. The molecule has 1 aliphatic rings. The molecular weight excluding hydrogens is 485 g/mol. The third-order valence-electron chi connectivity index (χ3n) is 5.98. The molecule has 0 spiro atoms. The minimum atomic E-state index is -0.843. The Morgan fingerprint density at radius 2 is 1.63 bits per heavy atom. The van der Waals surface area contributed by atoms with Crippen molar-refractivity contribution in [3.05, 3.63) is 99.0 Å². The van der Waals surface area contributed by atoms with E-state index in [1.807, 2.05) is 31.2 Å². The molecule has 35 heavy (non-hydrogen) atoms. The summed E-state index contributed by atoms with van der Waals surface area (Å²) in [6.07, 6.45) is 0. The second-order valence-corrected chi connectivity index (χ2v) is 9.36. The maximum atomic E-state index is 13.3. The topological polar surface area (TPSA) is 66.8 Å². The number of aliphatic hydroxyl groups is 1. The molecule has 1 unspecified atom stereocenters. The van der Waals surface area contributed by atoms with Gasteiger partial charge in [0.2, 0.25) is 0 Å². The summed E-state index contributed by atoms with van der Waals surface area (Å²) in [6, 6.07) is 18.4. The van der Waals surface area contributed by atoms with E-state index in [9.17, 15) is 14.7 Å². The molecule has 1 saturated heterocycles. The van der Waals surface area contributed by atoms with Crippen LogP contribution < -0.4 is 9.64 Å². The molecule has 3 aromatic rings. The molecule has 1 atom stereocenters. The maximum Gasteiger partial charge on any atom is 0.300 e. The average Bonchev–Trinajstić information content (AvgIpc) is 3.11. The zero-order chi connectivity index (χ0) is 25.3. The highest BCUT2D eigenvalue weighted by molar-refractivity contribution is 6.51. The van der Waals surface area contributed by atoms with E-state index in [0.29, 0.717) is 40.1 Å². The van der Waals surface area contributed by atoms with Crippen molar-refractivity contribution in [2.45, 2.75) is 32.7 Å². The van der Waals surface area contributed by atoms with Crippen molar-refractivity contribution in [2.75, 3.05) is 11.5 Å². The Bertz CT molecular complexity index is 1300. The molecule has 0 radical (unpaired) electrons. The first-order valence-electron chi connectivity index (χ1n) is 11.3. The zero-order valence-corrected chi connectivity index (χ0v) is 21.1. The number of nitrogens with zero attached hydrogens (tertiary/aromatic N) is 1. The first-order chi connectivity index (χ1) is 16.7. The number of halogens is 2. The van der Waals surface area contributed by atoms with Gasteiger partial charge >= 0.3 is 0 Å². The molecule has 1 N–H and O–H groups in total. The van der Waals surface area contributed by atoms with Crippen LogP contribution >= 0.6 is 23.2 Å². The lowest BCUT2D eigenvalue weighted by molar-refractivity contribution is -0.132. The Kier molecular flexibility index (Phi) is 7.20. The molecule has 3 aromatic carbocycles. The number of aliphatic hydroxyl groups excluding tert-OH is 1. The van der Waals surface area contributed by atoms with Gasteiger partial charge < -0.3 is 9.84 Å². The number of hydrogen-bond acceptors (Lipinski definition) is 4. The van der Waals surface area contributed by atoms with E-state index in [2.05, 4.69) is 13.8 Å². The number of carbonyl (C=O) groups excluding carboxylic acids is 2. The standard InChI is InChI=1S/C28H25Cl2NO4/c1-4-35-21-12-7-18(8-13-21)25-24(26(32)19-9-14-22(29)23(30)15-19)27(33)28(34)31(25)20-10-5-17(6-11-20)16(2)3/h5-16,25,32H,4H2,1-3H3/b26-24-. The number of rotatable bonds is 6. The van der Waals surface area contributed by atoms with E-state index in [1.54, 1.807) is 30.3 Å². The minimum Gasteiger partial charge on any atom is -0.507 e. The van der Waals surface area contributed by atoms with Crippen molar-refractivity contribution in [1.82, 2.24) is 0 Å². The van der Waals surface area contributed by atoms with Crippen LogP contribution in [0.25, 0.3) is 5.76 Å². The molecular formula is C28H25Cl2NO4. The highest BCUT2D eigenvalue weighted by Gasteiger charge is 2.47. The summed E-state index contributed by atoms with van der Waals surface area (Å²) < 4.78 is 5.54. The Balaban J connectivity index is 1.89. The highest BCUT2D eigenvalue weighted by atomic mass is 35.5. The number of anilines is 1. The van der Waals surface area contributed by atoms with Crippen LogP contribution in [-0.2, 0) is 9.59 Å². The predicted molar refractivity (Wildman–Crippen MR) is 139 cm³/mol. The number of ketones is 1. The quantitative estimate of drug-likeness (QED) is 0.217. The van der Waals surface area contributed by atoms with Gasteiger partial charge in [-0.3, -0.25) is 14.5 Å². The molecule has 0 aromatic heterocycles. The third-order valence-corrected chi connectivity index (χ3v) is 6.72. The van der Waals surface area contributed by atoms with Crippen molar-refractivity contribution in [2.24, 2.45) is 0 Å². The van der Waals surface area contributed by atoms with Gasteiger partial charge in [0.05, 0.1) is 28.3 Å². The molecule has 0 aliphatic carbocycles. The van der Waals surface area contributed by atoms with Crippen molar-refractivity contribution >= 4 is 46.3 Å².